The van der Waals surface area contributed by atoms with E-state index in [2.05, 4.69) is 4.98 Å². The first-order valence-electron chi connectivity index (χ1n) is 16.7. The molecule has 1 aliphatic rings. The number of esters is 1. The number of fused-ring (bicyclic) bond motifs is 1. The predicted octanol–water partition coefficient (Wildman–Crippen LogP) is 7.32. The van der Waals surface area contributed by atoms with Crippen molar-refractivity contribution in [3.63, 3.8) is 0 Å². The fraction of sp³-hybridized carbons (Fsp3) is 0.405. The Morgan fingerprint density at radius 3 is 2.36 bits per heavy atom. The summed E-state index contributed by atoms with van der Waals surface area (Å²) < 4.78 is 50.2. The zero-order chi connectivity index (χ0) is 39.3. The van der Waals surface area contributed by atoms with Crippen LogP contribution in [-0.2, 0) is 14.3 Å². The number of halogens is 3. The van der Waals surface area contributed by atoms with Crippen LogP contribution in [0.15, 0.2) is 41.3 Å². The number of pyridine rings is 2. The van der Waals surface area contributed by atoms with Crippen molar-refractivity contribution in [2.24, 2.45) is 0 Å². The number of aryl methyl sites for hydroxylation is 1. The van der Waals surface area contributed by atoms with Crippen LogP contribution in [0.25, 0.3) is 27.7 Å². The molecule has 0 radical (unpaired) electrons. The summed E-state index contributed by atoms with van der Waals surface area (Å²) in [4.78, 5) is 60.8. The van der Waals surface area contributed by atoms with Gasteiger partial charge in [0.1, 0.15) is 28.9 Å². The SMILES string of the molecule is COC(=O)[C@H]1CN(C(=O)OC(C)(C)C)[C@H](C)CN1c1c([N+](=O)[O-])c(=O)n(-c2c(C)ccnc2C(C)C)c2c(F)c(-c3c(F)cccc3OC)c(Cl)cc12. The zero-order valence-corrected chi connectivity index (χ0v) is 31.5. The van der Waals surface area contributed by atoms with Gasteiger partial charge in [0.25, 0.3) is 0 Å². The second kappa shape index (κ2) is 14.6. The summed E-state index contributed by atoms with van der Waals surface area (Å²) in [7, 11) is 2.37. The number of amides is 1. The second-order valence-electron chi connectivity index (χ2n) is 14.0. The third-order valence-corrected chi connectivity index (χ3v) is 9.28. The highest BCUT2D eigenvalue weighted by molar-refractivity contribution is 6.34. The Morgan fingerprint density at radius 1 is 1.09 bits per heavy atom. The molecule has 13 nitrogen and oxygen atoms in total. The molecular formula is C37H40ClF2N5O8. The van der Waals surface area contributed by atoms with Gasteiger partial charge in [-0.1, -0.05) is 31.5 Å². The molecule has 282 valence electrons. The van der Waals surface area contributed by atoms with Gasteiger partial charge < -0.3 is 24.0 Å². The minimum absolute atomic E-state index is 0.0699. The monoisotopic (exact) mass is 755 g/mol. The largest absolute Gasteiger partial charge is 0.496 e. The van der Waals surface area contributed by atoms with E-state index in [1.807, 2.05) is 0 Å². The molecular weight excluding hydrogens is 716 g/mol. The molecule has 2 aromatic heterocycles. The molecule has 0 saturated carbocycles. The molecule has 1 saturated heterocycles. The van der Waals surface area contributed by atoms with Gasteiger partial charge >= 0.3 is 23.3 Å². The fourth-order valence-corrected chi connectivity index (χ4v) is 6.97. The molecule has 2 aromatic carbocycles. The van der Waals surface area contributed by atoms with Crippen LogP contribution in [0.3, 0.4) is 0 Å². The van der Waals surface area contributed by atoms with Crippen LogP contribution in [0, 0.1) is 28.7 Å². The van der Waals surface area contributed by atoms with E-state index in [0.29, 0.717) is 11.3 Å². The van der Waals surface area contributed by atoms with Crippen LogP contribution < -0.4 is 15.2 Å². The van der Waals surface area contributed by atoms with Crippen LogP contribution >= 0.6 is 11.6 Å². The molecule has 5 rings (SSSR count). The van der Waals surface area contributed by atoms with E-state index < -0.39 is 74.3 Å². The number of hydrogen-bond acceptors (Lipinski definition) is 10. The fourth-order valence-electron chi connectivity index (χ4n) is 6.68. The van der Waals surface area contributed by atoms with Crippen molar-refractivity contribution in [2.45, 2.75) is 72.1 Å². The molecule has 1 aliphatic heterocycles. The molecule has 4 aromatic rings. The topological polar surface area (TPSA) is 146 Å². The zero-order valence-electron chi connectivity index (χ0n) is 30.7. The van der Waals surface area contributed by atoms with E-state index in [1.165, 1.54) is 41.3 Å². The average Bonchev–Trinajstić information content (AvgIpc) is 3.07. The first-order chi connectivity index (χ1) is 24.8. The van der Waals surface area contributed by atoms with Gasteiger partial charge in [-0.15, -0.1) is 0 Å². The first kappa shape index (κ1) is 38.9. The molecule has 1 amide bonds. The van der Waals surface area contributed by atoms with Gasteiger partial charge in [0.05, 0.1) is 53.2 Å². The number of aromatic nitrogens is 2. The van der Waals surface area contributed by atoms with E-state index >= 15 is 8.78 Å². The lowest BCUT2D eigenvalue weighted by atomic mass is 9.97. The number of nitrogens with zero attached hydrogens (tertiary/aromatic N) is 5. The van der Waals surface area contributed by atoms with Gasteiger partial charge in [0.15, 0.2) is 5.82 Å². The van der Waals surface area contributed by atoms with Gasteiger partial charge in [-0.2, -0.15) is 0 Å². The van der Waals surface area contributed by atoms with Crippen LogP contribution in [0.4, 0.5) is 25.0 Å². The third kappa shape index (κ3) is 6.97. The Hall–Kier alpha value is -5.31. The van der Waals surface area contributed by atoms with Crippen molar-refractivity contribution in [3.8, 4) is 22.6 Å². The van der Waals surface area contributed by atoms with Crippen molar-refractivity contribution in [1.29, 1.82) is 0 Å². The van der Waals surface area contributed by atoms with Crippen LogP contribution in [-0.4, -0.2) is 76.4 Å². The average molecular weight is 756 g/mol. The maximum Gasteiger partial charge on any atom is 0.410 e. The quantitative estimate of drug-likeness (QED) is 0.107. The summed E-state index contributed by atoms with van der Waals surface area (Å²) in [5.74, 6) is -3.41. The molecule has 3 heterocycles. The number of methoxy groups -OCH3 is 2. The normalized spacial score (nSPS) is 16.2. The van der Waals surface area contributed by atoms with Gasteiger partial charge in [0.2, 0.25) is 0 Å². The number of hydrogen-bond donors (Lipinski definition) is 0. The minimum Gasteiger partial charge on any atom is -0.496 e. The smallest absolute Gasteiger partial charge is 0.410 e. The second-order valence-corrected chi connectivity index (χ2v) is 14.5. The highest BCUT2D eigenvalue weighted by atomic mass is 35.5. The third-order valence-electron chi connectivity index (χ3n) is 8.98. The first-order valence-corrected chi connectivity index (χ1v) is 17.1. The highest BCUT2D eigenvalue weighted by Crippen LogP contribution is 2.46. The molecule has 0 unspecified atom stereocenters. The Morgan fingerprint density at radius 2 is 1.77 bits per heavy atom. The number of carbonyl (C=O) groups excluding carboxylic acids is 2. The summed E-state index contributed by atoms with van der Waals surface area (Å²) >= 11 is 6.81. The van der Waals surface area contributed by atoms with Crippen LogP contribution in [0.2, 0.25) is 5.02 Å². The van der Waals surface area contributed by atoms with E-state index in [9.17, 15) is 24.5 Å². The van der Waals surface area contributed by atoms with Crippen LogP contribution in [0.5, 0.6) is 5.75 Å². The van der Waals surface area contributed by atoms with Crippen molar-refractivity contribution in [2.75, 3.05) is 32.2 Å². The Kier molecular flexibility index (Phi) is 10.7. The number of carbonyl (C=O) groups is 2. The van der Waals surface area contributed by atoms with Crippen molar-refractivity contribution in [3.05, 3.63) is 84.9 Å². The number of rotatable bonds is 7. The minimum atomic E-state index is -1.43. The summed E-state index contributed by atoms with van der Waals surface area (Å²) in [6.07, 6.45) is 0.749. The molecule has 16 heteroatoms. The number of nitro groups is 1. The van der Waals surface area contributed by atoms with E-state index in [-0.39, 0.29) is 46.4 Å². The summed E-state index contributed by atoms with van der Waals surface area (Å²) in [6.45, 7) is 11.2. The number of ether oxygens (including phenoxy) is 3. The maximum atomic E-state index is 17.7. The Bertz CT molecular complexity index is 2200. The standard InChI is InChI=1S/C37H40ClF2N5O8/c1-18(2)29-30(19(3)13-14-41-29)44-31-21(15-22(38)26(28(31)40)27-23(39)11-10-12-25(27)51-8)32(33(34(44)46)45(49)50)43-16-20(4)42(17-24(43)35(47)52-9)36(48)53-37(5,6)7/h10-15,18,20,24H,16-17H2,1-9H3/t20-,24-/m1/s1. The number of piperazine rings is 1. The highest BCUT2D eigenvalue weighted by Gasteiger charge is 2.45. The summed E-state index contributed by atoms with van der Waals surface area (Å²) in [5.41, 5.74) is -4.08. The number of benzene rings is 2. The Balaban J connectivity index is 1.98. The van der Waals surface area contributed by atoms with E-state index in [0.717, 1.165) is 17.7 Å². The van der Waals surface area contributed by atoms with Crippen molar-refractivity contribution >= 4 is 45.9 Å². The summed E-state index contributed by atoms with van der Waals surface area (Å²) in [5, 5.41) is 12.5. The van der Waals surface area contributed by atoms with E-state index in [1.54, 1.807) is 54.5 Å². The Labute approximate surface area is 309 Å². The van der Waals surface area contributed by atoms with Gasteiger partial charge in [0, 0.05) is 29.7 Å². The maximum absolute atomic E-state index is 17.7. The molecule has 0 N–H and O–H groups in total. The molecule has 53 heavy (non-hydrogen) atoms. The van der Waals surface area contributed by atoms with Gasteiger partial charge in [-0.05, 0) is 70.4 Å². The molecule has 0 bridgehead atoms. The molecule has 0 spiro atoms. The lowest BCUT2D eigenvalue weighted by Crippen LogP contribution is -2.62. The molecule has 2 atom stereocenters. The number of anilines is 1. The molecule has 1 fully saturated rings. The predicted molar refractivity (Wildman–Crippen MR) is 195 cm³/mol. The van der Waals surface area contributed by atoms with E-state index in [4.69, 9.17) is 25.8 Å². The lowest BCUT2D eigenvalue weighted by molar-refractivity contribution is -0.385. The molecule has 0 aliphatic carbocycles. The van der Waals surface area contributed by atoms with Crippen molar-refractivity contribution < 1.29 is 37.5 Å². The van der Waals surface area contributed by atoms with Crippen LogP contribution in [0.1, 0.15) is 58.7 Å². The summed E-state index contributed by atoms with van der Waals surface area (Å²) in [6, 6.07) is 4.43. The van der Waals surface area contributed by atoms with Gasteiger partial charge in [-0.3, -0.25) is 24.5 Å². The lowest BCUT2D eigenvalue weighted by Gasteiger charge is -2.45. The van der Waals surface area contributed by atoms with Crippen molar-refractivity contribution in [1.82, 2.24) is 14.5 Å². The van der Waals surface area contributed by atoms with Gasteiger partial charge in [-0.25, -0.2) is 18.4 Å².